The third kappa shape index (κ3) is 3.51. The number of anilines is 1. The van der Waals surface area contributed by atoms with Gasteiger partial charge in [0, 0.05) is 15.5 Å². The van der Waals surface area contributed by atoms with Gasteiger partial charge in [-0.25, -0.2) is 4.79 Å². The first kappa shape index (κ1) is 15.9. The maximum atomic E-state index is 12.2. The Kier molecular flexibility index (Phi) is 4.59. The van der Waals surface area contributed by atoms with Crippen LogP contribution in [0.5, 0.6) is 0 Å². The summed E-state index contributed by atoms with van der Waals surface area (Å²) in [6, 6.07) is 12.4. The highest BCUT2D eigenvalue weighted by Gasteiger charge is 2.24. The lowest BCUT2D eigenvalue weighted by molar-refractivity contribution is -0.115. The summed E-state index contributed by atoms with van der Waals surface area (Å²) in [6.07, 6.45) is 0. The highest BCUT2D eigenvalue weighted by molar-refractivity contribution is 8.00. The Morgan fingerprint density at radius 1 is 1.30 bits per heavy atom. The summed E-state index contributed by atoms with van der Waals surface area (Å²) >= 11 is 7.51. The van der Waals surface area contributed by atoms with Crippen molar-refractivity contribution >= 4 is 40.9 Å². The first-order valence-corrected chi connectivity index (χ1v) is 8.32. The number of amides is 1. The van der Waals surface area contributed by atoms with Crippen molar-refractivity contribution in [3.63, 3.8) is 0 Å². The van der Waals surface area contributed by atoms with Gasteiger partial charge in [-0.05, 0) is 31.2 Å². The van der Waals surface area contributed by atoms with Gasteiger partial charge in [-0.1, -0.05) is 29.8 Å². The fraction of sp³-hybridized carbons (Fsp3) is 0.176. The van der Waals surface area contributed by atoms with Crippen LogP contribution >= 0.6 is 23.4 Å². The van der Waals surface area contributed by atoms with E-state index < -0.39 is 5.97 Å². The first-order valence-electron chi connectivity index (χ1n) is 7.06. The van der Waals surface area contributed by atoms with Gasteiger partial charge >= 0.3 is 5.97 Å². The number of rotatable bonds is 3. The fourth-order valence-corrected chi connectivity index (χ4v) is 3.30. The van der Waals surface area contributed by atoms with Crippen LogP contribution in [0.2, 0.25) is 5.02 Å². The van der Waals surface area contributed by atoms with Gasteiger partial charge in [-0.2, -0.15) is 0 Å². The number of halogens is 1. The van der Waals surface area contributed by atoms with Crippen molar-refractivity contribution in [3.05, 3.63) is 58.6 Å². The van der Waals surface area contributed by atoms with Crippen molar-refractivity contribution in [2.75, 3.05) is 5.32 Å². The number of carbonyl (C=O) groups excluding carboxylic acids is 2. The van der Waals surface area contributed by atoms with Crippen molar-refractivity contribution in [2.24, 2.45) is 0 Å². The maximum absolute atomic E-state index is 12.2. The summed E-state index contributed by atoms with van der Waals surface area (Å²) in [5, 5.41) is 3.22. The van der Waals surface area contributed by atoms with Crippen LogP contribution in [0.1, 0.15) is 22.8 Å². The Morgan fingerprint density at radius 3 is 2.87 bits per heavy atom. The average molecular weight is 348 g/mol. The van der Waals surface area contributed by atoms with Crippen LogP contribution in [0.4, 0.5) is 5.69 Å². The highest BCUT2D eigenvalue weighted by Crippen LogP contribution is 2.36. The minimum atomic E-state index is -0.453. The smallest absolute Gasteiger partial charge is 0.338 e. The minimum absolute atomic E-state index is 0.0657. The maximum Gasteiger partial charge on any atom is 0.338 e. The summed E-state index contributed by atoms with van der Waals surface area (Å²) in [5.41, 5.74) is 1.79. The molecule has 0 spiro atoms. The van der Waals surface area contributed by atoms with E-state index in [1.165, 1.54) is 11.8 Å². The van der Waals surface area contributed by atoms with Crippen molar-refractivity contribution in [3.8, 4) is 0 Å². The van der Waals surface area contributed by atoms with E-state index in [4.69, 9.17) is 16.3 Å². The van der Waals surface area contributed by atoms with E-state index >= 15 is 0 Å². The van der Waals surface area contributed by atoms with Gasteiger partial charge in [0.2, 0.25) is 5.91 Å². The Morgan fingerprint density at radius 2 is 2.09 bits per heavy atom. The number of thioether (sulfide) groups is 1. The van der Waals surface area contributed by atoms with E-state index in [2.05, 4.69) is 5.32 Å². The number of ether oxygens (including phenoxy) is 1. The third-order valence-corrected chi connectivity index (χ3v) is 5.01. The summed E-state index contributed by atoms with van der Waals surface area (Å²) in [4.78, 5) is 24.8. The minimum Gasteiger partial charge on any atom is -0.457 e. The summed E-state index contributed by atoms with van der Waals surface area (Å²) in [5.74, 6) is -0.519. The quantitative estimate of drug-likeness (QED) is 0.848. The predicted octanol–water partition coefficient (Wildman–Crippen LogP) is 4.13. The molecule has 23 heavy (non-hydrogen) atoms. The second-order valence-electron chi connectivity index (χ2n) is 5.13. The standard InChI is InChI=1S/C17H14ClNO3S/c1-10-16(20)19-14-8-11(6-7-15(14)23-10)17(21)22-9-12-4-2-3-5-13(12)18/h2-8,10H,9H2,1H3,(H,19,20)/t10-/m1/s1. The van der Waals surface area contributed by atoms with Crippen LogP contribution in [0.3, 0.4) is 0 Å². The molecule has 1 amide bonds. The second kappa shape index (κ2) is 6.64. The Balaban J connectivity index is 1.72. The molecule has 4 nitrogen and oxygen atoms in total. The molecule has 1 heterocycles. The lowest BCUT2D eigenvalue weighted by atomic mass is 10.2. The number of nitrogens with one attached hydrogen (secondary N) is 1. The van der Waals surface area contributed by atoms with Crippen LogP contribution in [-0.4, -0.2) is 17.1 Å². The molecule has 0 saturated carbocycles. The number of carbonyl (C=O) groups is 2. The van der Waals surface area contributed by atoms with E-state index in [1.807, 2.05) is 25.1 Å². The Labute approximate surface area is 143 Å². The van der Waals surface area contributed by atoms with Gasteiger partial charge in [0.15, 0.2) is 0 Å². The zero-order valence-electron chi connectivity index (χ0n) is 12.3. The van der Waals surface area contributed by atoms with Crippen molar-refractivity contribution in [2.45, 2.75) is 23.7 Å². The lowest BCUT2D eigenvalue weighted by Crippen LogP contribution is -2.26. The third-order valence-electron chi connectivity index (χ3n) is 3.46. The van der Waals surface area contributed by atoms with E-state index in [-0.39, 0.29) is 17.8 Å². The zero-order chi connectivity index (χ0) is 16.4. The van der Waals surface area contributed by atoms with Crippen LogP contribution < -0.4 is 5.32 Å². The number of hydrogen-bond donors (Lipinski definition) is 1. The molecule has 6 heteroatoms. The van der Waals surface area contributed by atoms with Gasteiger partial charge in [-0.3, -0.25) is 4.79 Å². The molecule has 118 valence electrons. The molecule has 0 unspecified atom stereocenters. The molecule has 2 aromatic carbocycles. The molecule has 0 radical (unpaired) electrons. The summed E-state index contributed by atoms with van der Waals surface area (Å²) in [6.45, 7) is 1.95. The van der Waals surface area contributed by atoms with Crippen LogP contribution in [0.25, 0.3) is 0 Å². The molecule has 1 aliphatic heterocycles. The number of fused-ring (bicyclic) bond motifs is 1. The van der Waals surface area contributed by atoms with Gasteiger partial charge in [0.1, 0.15) is 6.61 Å². The molecule has 0 fully saturated rings. The molecular formula is C17H14ClNO3S. The number of esters is 1. The largest absolute Gasteiger partial charge is 0.457 e. The molecule has 1 N–H and O–H groups in total. The van der Waals surface area contributed by atoms with E-state index in [0.29, 0.717) is 16.3 Å². The first-order chi connectivity index (χ1) is 11.0. The summed E-state index contributed by atoms with van der Waals surface area (Å²) < 4.78 is 5.29. The van der Waals surface area contributed by atoms with Crippen molar-refractivity contribution < 1.29 is 14.3 Å². The van der Waals surface area contributed by atoms with Crippen LogP contribution in [0, 0.1) is 0 Å². The SMILES string of the molecule is C[C@H]1Sc2ccc(C(=O)OCc3ccccc3Cl)cc2NC1=O. The molecule has 2 aromatic rings. The van der Waals surface area contributed by atoms with Crippen LogP contribution in [0.15, 0.2) is 47.4 Å². The van der Waals surface area contributed by atoms with Gasteiger partial charge in [0.25, 0.3) is 0 Å². The summed E-state index contributed by atoms with van der Waals surface area (Å²) in [7, 11) is 0. The van der Waals surface area contributed by atoms with E-state index in [0.717, 1.165) is 10.5 Å². The fourth-order valence-electron chi connectivity index (χ4n) is 2.18. The molecule has 0 aromatic heterocycles. The number of hydrogen-bond acceptors (Lipinski definition) is 4. The molecule has 3 rings (SSSR count). The molecule has 0 aliphatic carbocycles. The second-order valence-corrected chi connectivity index (χ2v) is 6.92. The van der Waals surface area contributed by atoms with Crippen molar-refractivity contribution in [1.82, 2.24) is 0 Å². The van der Waals surface area contributed by atoms with Crippen molar-refractivity contribution in [1.29, 1.82) is 0 Å². The van der Waals surface area contributed by atoms with Gasteiger partial charge < -0.3 is 10.1 Å². The van der Waals surface area contributed by atoms with Crippen LogP contribution in [-0.2, 0) is 16.1 Å². The molecule has 0 bridgehead atoms. The van der Waals surface area contributed by atoms with Gasteiger partial charge in [-0.15, -0.1) is 11.8 Å². The Bertz CT molecular complexity index is 778. The highest BCUT2D eigenvalue weighted by atomic mass is 35.5. The molecule has 0 saturated heterocycles. The molecule has 1 aliphatic rings. The van der Waals surface area contributed by atoms with Gasteiger partial charge in [0.05, 0.1) is 16.5 Å². The average Bonchev–Trinajstić information content (AvgIpc) is 2.54. The monoisotopic (exact) mass is 347 g/mol. The number of benzene rings is 2. The molecule has 1 atom stereocenters. The zero-order valence-corrected chi connectivity index (χ0v) is 13.9. The van der Waals surface area contributed by atoms with E-state index in [1.54, 1.807) is 24.3 Å². The Hall–Kier alpha value is -1.98. The lowest BCUT2D eigenvalue weighted by Gasteiger charge is -2.21. The normalized spacial score (nSPS) is 16.4. The predicted molar refractivity (Wildman–Crippen MR) is 91.0 cm³/mol. The van der Waals surface area contributed by atoms with E-state index in [9.17, 15) is 9.59 Å². The molecular weight excluding hydrogens is 334 g/mol. The topological polar surface area (TPSA) is 55.4 Å².